The Hall–Kier alpha value is -3.24. The van der Waals surface area contributed by atoms with Gasteiger partial charge in [0.1, 0.15) is 5.71 Å². The van der Waals surface area contributed by atoms with E-state index in [0.29, 0.717) is 28.5 Å². The third-order valence-electron chi connectivity index (χ3n) is 4.20. The lowest BCUT2D eigenvalue weighted by Crippen LogP contribution is -2.25. The summed E-state index contributed by atoms with van der Waals surface area (Å²) >= 11 is 5.91. The number of anilines is 1. The van der Waals surface area contributed by atoms with Gasteiger partial charge >= 0.3 is 0 Å². The third kappa shape index (κ3) is 3.96. The maximum atomic E-state index is 12.9. The van der Waals surface area contributed by atoms with E-state index in [1.165, 1.54) is 0 Å². The second kappa shape index (κ2) is 7.56. The maximum Gasteiger partial charge on any atom is 0.270 e. The van der Waals surface area contributed by atoms with Crippen molar-refractivity contribution in [2.75, 3.05) is 5.32 Å². The van der Waals surface area contributed by atoms with Crippen molar-refractivity contribution in [2.24, 2.45) is 9.98 Å². The summed E-state index contributed by atoms with van der Waals surface area (Å²) in [6, 6.07) is 24.4. The summed E-state index contributed by atoms with van der Waals surface area (Å²) < 4.78 is 0. The van der Waals surface area contributed by atoms with Gasteiger partial charge in [-0.25, -0.2) is 4.99 Å². The SMILES string of the molecule is O=C(Nc1ccc(Cl)cc1)C1=Nc2ccccc2N=C(c2ccccc2)C1. The van der Waals surface area contributed by atoms with Crippen molar-refractivity contribution in [3.05, 3.63) is 89.4 Å². The molecular weight excluding hydrogens is 358 g/mol. The van der Waals surface area contributed by atoms with Gasteiger partial charge in [0, 0.05) is 17.1 Å². The molecule has 0 saturated carbocycles. The number of para-hydroxylation sites is 2. The molecule has 4 rings (SSSR count). The van der Waals surface area contributed by atoms with Gasteiger partial charge in [-0.15, -0.1) is 0 Å². The monoisotopic (exact) mass is 373 g/mol. The van der Waals surface area contributed by atoms with Gasteiger partial charge < -0.3 is 5.32 Å². The highest BCUT2D eigenvalue weighted by atomic mass is 35.5. The summed E-state index contributed by atoms with van der Waals surface area (Å²) in [5.41, 5.74) is 4.31. The van der Waals surface area contributed by atoms with Crippen LogP contribution in [0.3, 0.4) is 0 Å². The Bertz CT molecular complexity index is 1040. The zero-order valence-corrected chi connectivity index (χ0v) is 15.1. The molecule has 0 saturated heterocycles. The first-order chi connectivity index (χ1) is 13.2. The van der Waals surface area contributed by atoms with Crippen LogP contribution in [0.25, 0.3) is 0 Å². The van der Waals surface area contributed by atoms with Crippen LogP contribution >= 0.6 is 11.6 Å². The number of carbonyl (C=O) groups is 1. The van der Waals surface area contributed by atoms with Crippen molar-refractivity contribution in [1.82, 2.24) is 0 Å². The predicted molar refractivity (Wildman–Crippen MR) is 111 cm³/mol. The number of hydrogen-bond acceptors (Lipinski definition) is 3. The fourth-order valence-corrected chi connectivity index (χ4v) is 2.97. The molecule has 3 aromatic carbocycles. The fraction of sp³-hybridized carbons (Fsp3) is 0.0455. The summed E-state index contributed by atoms with van der Waals surface area (Å²) in [5.74, 6) is -0.252. The number of rotatable bonds is 3. The molecule has 0 aromatic heterocycles. The Morgan fingerprint density at radius 3 is 2.15 bits per heavy atom. The molecule has 1 amide bonds. The van der Waals surface area contributed by atoms with E-state index in [9.17, 15) is 4.79 Å². The van der Waals surface area contributed by atoms with Gasteiger partial charge in [0.05, 0.1) is 17.1 Å². The second-order valence-corrected chi connectivity index (χ2v) is 6.55. The quantitative estimate of drug-likeness (QED) is 0.640. The Morgan fingerprint density at radius 1 is 0.815 bits per heavy atom. The number of nitrogens with zero attached hydrogens (tertiary/aromatic N) is 2. The van der Waals surface area contributed by atoms with Crippen LogP contribution in [0.15, 0.2) is 88.8 Å². The van der Waals surface area contributed by atoms with E-state index in [4.69, 9.17) is 16.6 Å². The molecule has 0 aliphatic carbocycles. The van der Waals surface area contributed by atoms with Crippen LogP contribution in [0.5, 0.6) is 0 Å². The lowest BCUT2D eigenvalue weighted by Gasteiger charge is -2.09. The predicted octanol–water partition coefficient (Wildman–Crippen LogP) is 5.58. The number of carbonyl (C=O) groups excluding carboxylic acids is 1. The van der Waals surface area contributed by atoms with Gasteiger partial charge in [-0.1, -0.05) is 54.1 Å². The summed E-state index contributed by atoms with van der Waals surface area (Å²) in [6.45, 7) is 0. The number of benzene rings is 3. The van der Waals surface area contributed by atoms with E-state index in [1.807, 2.05) is 54.6 Å². The first-order valence-corrected chi connectivity index (χ1v) is 8.93. The summed E-state index contributed by atoms with van der Waals surface area (Å²) in [5, 5.41) is 3.50. The van der Waals surface area contributed by atoms with Crippen LogP contribution in [0.2, 0.25) is 5.02 Å². The molecule has 0 atom stereocenters. The summed E-state index contributed by atoms with van der Waals surface area (Å²) in [6.07, 6.45) is 0.345. The smallest absolute Gasteiger partial charge is 0.270 e. The molecule has 0 bridgehead atoms. The Kier molecular flexibility index (Phi) is 4.81. The second-order valence-electron chi connectivity index (χ2n) is 6.11. The maximum absolute atomic E-state index is 12.9. The number of amides is 1. The van der Waals surface area contributed by atoms with Crippen LogP contribution in [-0.2, 0) is 4.79 Å². The van der Waals surface area contributed by atoms with E-state index in [2.05, 4.69) is 10.3 Å². The van der Waals surface area contributed by atoms with Gasteiger partial charge in [0.15, 0.2) is 0 Å². The standard InChI is InChI=1S/C22H16ClN3O/c23-16-10-12-17(13-11-16)24-22(27)21-14-20(15-6-2-1-3-7-15)25-18-8-4-5-9-19(18)26-21/h1-13H,14H2,(H,24,27). The fourth-order valence-electron chi connectivity index (χ4n) is 2.85. The van der Waals surface area contributed by atoms with Gasteiger partial charge in [-0.05, 0) is 42.0 Å². The molecule has 1 N–H and O–H groups in total. The molecule has 5 heteroatoms. The van der Waals surface area contributed by atoms with Crippen molar-refractivity contribution in [3.63, 3.8) is 0 Å². The number of halogens is 1. The molecule has 132 valence electrons. The Balaban J connectivity index is 1.70. The van der Waals surface area contributed by atoms with Gasteiger partial charge in [-0.2, -0.15) is 0 Å². The van der Waals surface area contributed by atoms with Crippen molar-refractivity contribution in [1.29, 1.82) is 0 Å². The van der Waals surface area contributed by atoms with Crippen molar-refractivity contribution in [3.8, 4) is 0 Å². The molecule has 27 heavy (non-hydrogen) atoms. The van der Waals surface area contributed by atoms with Crippen LogP contribution < -0.4 is 5.32 Å². The lowest BCUT2D eigenvalue weighted by atomic mass is 10.0. The number of nitrogens with one attached hydrogen (secondary N) is 1. The minimum absolute atomic E-state index is 0.252. The van der Waals surface area contributed by atoms with Crippen LogP contribution in [0.1, 0.15) is 12.0 Å². The minimum atomic E-state index is -0.252. The van der Waals surface area contributed by atoms with Crippen LogP contribution in [0.4, 0.5) is 17.1 Å². The summed E-state index contributed by atoms with van der Waals surface area (Å²) in [4.78, 5) is 22.2. The zero-order valence-electron chi connectivity index (χ0n) is 14.4. The molecule has 0 spiro atoms. The van der Waals surface area contributed by atoms with E-state index in [1.54, 1.807) is 24.3 Å². The summed E-state index contributed by atoms with van der Waals surface area (Å²) in [7, 11) is 0. The number of aliphatic imine (C=N–C) groups is 2. The third-order valence-corrected chi connectivity index (χ3v) is 4.45. The number of hydrogen-bond donors (Lipinski definition) is 1. The average Bonchev–Trinajstić information content (AvgIpc) is 2.90. The molecule has 1 aliphatic rings. The molecule has 1 aliphatic heterocycles. The molecule has 1 heterocycles. The van der Waals surface area contributed by atoms with E-state index >= 15 is 0 Å². The normalized spacial score (nSPS) is 13.1. The van der Waals surface area contributed by atoms with Crippen LogP contribution in [-0.4, -0.2) is 17.3 Å². The van der Waals surface area contributed by atoms with Crippen molar-refractivity contribution >= 4 is 46.0 Å². The Labute approximate surface area is 162 Å². The number of fused-ring (bicyclic) bond motifs is 1. The van der Waals surface area contributed by atoms with Crippen LogP contribution in [0, 0.1) is 0 Å². The first-order valence-electron chi connectivity index (χ1n) is 8.55. The van der Waals surface area contributed by atoms with Gasteiger partial charge in [0.2, 0.25) is 0 Å². The van der Waals surface area contributed by atoms with Gasteiger partial charge in [-0.3, -0.25) is 9.79 Å². The van der Waals surface area contributed by atoms with E-state index < -0.39 is 0 Å². The average molecular weight is 374 g/mol. The molecule has 3 aromatic rings. The molecule has 0 radical (unpaired) electrons. The largest absolute Gasteiger partial charge is 0.321 e. The van der Waals surface area contributed by atoms with Crippen molar-refractivity contribution < 1.29 is 4.79 Å². The minimum Gasteiger partial charge on any atom is -0.321 e. The highest BCUT2D eigenvalue weighted by Crippen LogP contribution is 2.31. The molecule has 4 nitrogen and oxygen atoms in total. The van der Waals surface area contributed by atoms with Gasteiger partial charge in [0.25, 0.3) is 5.91 Å². The topological polar surface area (TPSA) is 53.8 Å². The van der Waals surface area contributed by atoms with E-state index in [0.717, 1.165) is 17.0 Å². The zero-order chi connectivity index (χ0) is 18.6. The molecule has 0 fully saturated rings. The molecular formula is C22H16ClN3O. The molecule has 0 unspecified atom stereocenters. The van der Waals surface area contributed by atoms with E-state index in [-0.39, 0.29) is 5.91 Å². The highest BCUT2D eigenvalue weighted by molar-refractivity contribution is 6.47. The lowest BCUT2D eigenvalue weighted by molar-refractivity contribution is -0.110. The highest BCUT2D eigenvalue weighted by Gasteiger charge is 2.20. The van der Waals surface area contributed by atoms with Crippen molar-refractivity contribution in [2.45, 2.75) is 6.42 Å². The Morgan fingerprint density at radius 2 is 1.44 bits per heavy atom. The first kappa shape index (κ1) is 17.2.